The summed E-state index contributed by atoms with van der Waals surface area (Å²) in [5.41, 5.74) is -0.914. The van der Waals surface area contributed by atoms with Crippen LogP contribution in [0.5, 0.6) is 0 Å². The number of nitrogens with one attached hydrogen (secondary N) is 1. The van der Waals surface area contributed by atoms with Crippen LogP contribution in [-0.2, 0) is 9.59 Å². The van der Waals surface area contributed by atoms with Gasteiger partial charge in [0, 0.05) is 13.1 Å². The molecule has 2 heterocycles. The van der Waals surface area contributed by atoms with E-state index in [1.807, 2.05) is 13.8 Å². The molecule has 0 radical (unpaired) electrons. The van der Waals surface area contributed by atoms with E-state index in [-0.39, 0.29) is 24.3 Å². The maximum absolute atomic E-state index is 12.3. The largest absolute Gasteiger partial charge is 0.393 e. The summed E-state index contributed by atoms with van der Waals surface area (Å²) in [6.45, 7) is 6.04. The maximum Gasteiger partial charge on any atom is 0.325 e. The number of rotatable bonds is 3. The van der Waals surface area contributed by atoms with Crippen molar-refractivity contribution in [3.63, 3.8) is 0 Å². The van der Waals surface area contributed by atoms with Gasteiger partial charge in [-0.05, 0) is 25.7 Å². The standard InChI is InChI=1S/C14H23N3O4/c1-4-14(3)12(20)17(13(21)15-14)8-11(19)16-6-5-10(18)9(2)7-16/h9-10,18H,4-8H2,1-3H3,(H,15,21). The normalized spacial score (nSPS) is 33.3. The molecule has 0 aromatic heterocycles. The second kappa shape index (κ2) is 5.63. The molecule has 0 aromatic rings. The van der Waals surface area contributed by atoms with Crippen molar-refractivity contribution in [1.29, 1.82) is 0 Å². The molecule has 0 aliphatic carbocycles. The lowest BCUT2D eigenvalue weighted by atomic mass is 9.96. The Kier molecular flexibility index (Phi) is 4.22. The lowest BCUT2D eigenvalue weighted by Crippen LogP contribution is -2.50. The number of carbonyl (C=O) groups excluding carboxylic acids is 3. The minimum atomic E-state index is -0.914. The summed E-state index contributed by atoms with van der Waals surface area (Å²) in [4.78, 5) is 39.0. The lowest BCUT2D eigenvalue weighted by Gasteiger charge is -2.35. The second-order valence-corrected chi connectivity index (χ2v) is 6.18. The minimum absolute atomic E-state index is 0.00622. The van der Waals surface area contributed by atoms with E-state index in [0.29, 0.717) is 25.9 Å². The average molecular weight is 297 g/mol. The van der Waals surface area contributed by atoms with Crippen LogP contribution >= 0.6 is 0 Å². The number of aliphatic hydroxyl groups is 1. The van der Waals surface area contributed by atoms with Gasteiger partial charge in [0.1, 0.15) is 12.1 Å². The van der Waals surface area contributed by atoms with Crippen LogP contribution in [0.1, 0.15) is 33.6 Å². The molecule has 2 aliphatic heterocycles. The SMILES string of the molecule is CCC1(C)NC(=O)N(CC(=O)N2CCC(O)C(C)C2)C1=O. The van der Waals surface area contributed by atoms with E-state index in [1.165, 1.54) is 0 Å². The van der Waals surface area contributed by atoms with Gasteiger partial charge in [-0.2, -0.15) is 0 Å². The first-order valence-electron chi connectivity index (χ1n) is 7.38. The summed E-state index contributed by atoms with van der Waals surface area (Å²) in [5, 5.41) is 12.3. The zero-order valence-electron chi connectivity index (χ0n) is 12.8. The van der Waals surface area contributed by atoms with Gasteiger partial charge in [0.05, 0.1) is 6.10 Å². The van der Waals surface area contributed by atoms with Crippen LogP contribution in [0.25, 0.3) is 0 Å². The molecule has 3 unspecified atom stereocenters. The summed E-state index contributed by atoms with van der Waals surface area (Å²) in [6.07, 6.45) is 0.615. The Hall–Kier alpha value is -1.63. The van der Waals surface area contributed by atoms with Crippen molar-refractivity contribution in [3.8, 4) is 0 Å². The van der Waals surface area contributed by atoms with E-state index in [0.717, 1.165) is 4.90 Å². The molecule has 0 bridgehead atoms. The number of piperidine rings is 1. The van der Waals surface area contributed by atoms with E-state index in [1.54, 1.807) is 11.8 Å². The van der Waals surface area contributed by atoms with E-state index < -0.39 is 17.7 Å². The predicted octanol–water partition coefficient (Wildman–Crippen LogP) is -0.0638. The molecule has 7 heteroatoms. The van der Waals surface area contributed by atoms with Gasteiger partial charge >= 0.3 is 6.03 Å². The topological polar surface area (TPSA) is 90.0 Å². The second-order valence-electron chi connectivity index (χ2n) is 6.18. The predicted molar refractivity (Wildman–Crippen MR) is 75.3 cm³/mol. The van der Waals surface area contributed by atoms with Gasteiger partial charge < -0.3 is 15.3 Å². The quantitative estimate of drug-likeness (QED) is 0.714. The van der Waals surface area contributed by atoms with Crippen LogP contribution in [0.2, 0.25) is 0 Å². The van der Waals surface area contributed by atoms with Crippen LogP contribution in [0, 0.1) is 5.92 Å². The van der Waals surface area contributed by atoms with Gasteiger partial charge in [0.15, 0.2) is 0 Å². The highest BCUT2D eigenvalue weighted by Gasteiger charge is 2.47. The van der Waals surface area contributed by atoms with E-state index >= 15 is 0 Å². The molecule has 2 N–H and O–H groups in total. The van der Waals surface area contributed by atoms with E-state index in [4.69, 9.17) is 0 Å². The van der Waals surface area contributed by atoms with E-state index in [2.05, 4.69) is 5.32 Å². The molecule has 2 rings (SSSR count). The molecule has 0 aromatic carbocycles. The fraction of sp³-hybridized carbons (Fsp3) is 0.786. The summed E-state index contributed by atoms with van der Waals surface area (Å²) in [5.74, 6) is -0.599. The Bertz CT molecular complexity index is 467. The molecule has 2 saturated heterocycles. The van der Waals surface area contributed by atoms with Crippen molar-refractivity contribution >= 4 is 17.8 Å². The number of hydrogen-bond acceptors (Lipinski definition) is 4. The number of carbonyl (C=O) groups is 3. The van der Waals surface area contributed by atoms with Gasteiger partial charge in [-0.15, -0.1) is 0 Å². The monoisotopic (exact) mass is 297 g/mol. The van der Waals surface area contributed by atoms with Crippen LogP contribution in [0.4, 0.5) is 4.79 Å². The number of hydrogen-bond donors (Lipinski definition) is 2. The maximum atomic E-state index is 12.3. The van der Waals surface area contributed by atoms with Crippen molar-refractivity contribution in [1.82, 2.24) is 15.1 Å². The number of imide groups is 1. The Balaban J connectivity index is 2.00. The number of nitrogens with zero attached hydrogens (tertiary/aromatic N) is 2. The average Bonchev–Trinajstić information content (AvgIpc) is 2.66. The first-order valence-corrected chi connectivity index (χ1v) is 7.38. The van der Waals surface area contributed by atoms with Gasteiger partial charge in [0.25, 0.3) is 5.91 Å². The van der Waals surface area contributed by atoms with Gasteiger partial charge in [-0.1, -0.05) is 13.8 Å². The highest BCUT2D eigenvalue weighted by molar-refractivity contribution is 6.08. The van der Waals surface area contributed by atoms with Crippen molar-refractivity contribution < 1.29 is 19.5 Å². The Labute approximate surface area is 124 Å². The zero-order chi connectivity index (χ0) is 15.8. The summed E-state index contributed by atoms with van der Waals surface area (Å²) in [6, 6.07) is -0.511. The van der Waals surface area contributed by atoms with Crippen LogP contribution < -0.4 is 5.32 Å². The Morgan fingerprint density at radius 2 is 2.14 bits per heavy atom. The first-order chi connectivity index (χ1) is 9.78. The third-order valence-corrected chi connectivity index (χ3v) is 4.56. The molecule has 118 valence electrons. The number of urea groups is 1. The zero-order valence-corrected chi connectivity index (χ0v) is 12.8. The molecule has 21 heavy (non-hydrogen) atoms. The van der Waals surface area contributed by atoms with Crippen molar-refractivity contribution in [3.05, 3.63) is 0 Å². The molecule has 3 atom stereocenters. The molecule has 7 nitrogen and oxygen atoms in total. The van der Waals surface area contributed by atoms with Crippen LogP contribution in [0.15, 0.2) is 0 Å². The molecular formula is C14H23N3O4. The van der Waals surface area contributed by atoms with Gasteiger partial charge in [-0.25, -0.2) is 4.79 Å². The van der Waals surface area contributed by atoms with Crippen molar-refractivity contribution in [2.75, 3.05) is 19.6 Å². The molecule has 2 aliphatic rings. The molecule has 4 amide bonds. The van der Waals surface area contributed by atoms with Gasteiger partial charge in [0.2, 0.25) is 5.91 Å². The molecule has 0 spiro atoms. The fourth-order valence-corrected chi connectivity index (χ4v) is 2.73. The lowest BCUT2D eigenvalue weighted by molar-refractivity contribution is -0.140. The van der Waals surface area contributed by atoms with Gasteiger partial charge in [-0.3, -0.25) is 14.5 Å². The van der Waals surface area contributed by atoms with Crippen LogP contribution in [-0.4, -0.2) is 64.0 Å². The molecule has 2 fully saturated rings. The molecule has 0 saturated carbocycles. The summed E-state index contributed by atoms with van der Waals surface area (Å²) in [7, 11) is 0. The number of amides is 4. The smallest absolute Gasteiger partial charge is 0.325 e. The van der Waals surface area contributed by atoms with E-state index in [9.17, 15) is 19.5 Å². The van der Waals surface area contributed by atoms with Crippen LogP contribution in [0.3, 0.4) is 0 Å². The van der Waals surface area contributed by atoms with Crippen molar-refractivity contribution in [2.45, 2.75) is 45.3 Å². The Morgan fingerprint density at radius 3 is 2.67 bits per heavy atom. The van der Waals surface area contributed by atoms with Crippen molar-refractivity contribution in [2.24, 2.45) is 5.92 Å². The minimum Gasteiger partial charge on any atom is -0.393 e. The molecular weight excluding hydrogens is 274 g/mol. The third-order valence-electron chi connectivity index (χ3n) is 4.56. The fourth-order valence-electron chi connectivity index (χ4n) is 2.73. The number of likely N-dealkylation sites (tertiary alicyclic amines) is 1. The summed E-state index contributed by atoms with van der Waals surface area (Å²) >= 11 is 0. The Morgan fingerprint density at radius 1 is 1.48 bits per heavy atom. The number of aliphatic hydroxyl groups excluding tert-OH is 1. The highest BCUT2D eigenvalue weighted by atomic mass is 16.3. The highest BCUT2D eigenvalue weighted by Crippen LogP contribution is 2.22. The first kappa shape index (κ1) is 15.8. The summed E-state index contributed by atoms with van der Waals surface area (Å²) < 4.78 is 0. The third kappa shape index (κ3) is 2.88.